The Kier molecular flexibility index (Phi) is 5.75. The summed E-state index contributed by atoms with van der Waals surface area (Å²) in [6.07, 6.45) is 6.28. The Hall–Kier alpha value is -0.800. The molecule has 1 fully saturated rings. The average Bonchev–Trinajstić information content (AvgIpc) is 2.45. The Bertz CT molecular complexity index is 375. The third kappa shape index (κ3) is 4.14. The molecular weight excluding hydrogens is 242 g/mol. The molecule has 0 bridgehead atoms. The van der Waals surface area contributed by atoms with Gasteiger partial charge in [-0.3, -0.25) is 4.79 Å². The van der Waals surface area contributed by atoms with Crippen LogP contribution in [0.2, 0.25) is 0 Å². The number of thioether (sulfide) groups is 1. The highest BCUT2D eigenvalue weighted by atomic mass is 32.2. The van der Waals surface area contributed by atoms with Crippen molar-refractivity contribution in [1.82, 2.24) is 4.90 Å². The van der Waals surface area contributed by atoms with Gasteiger partial charge in [-0.2, -0.15) is 0 Å². The van der Waals surface area contributed by atoms with Crippen molar-refractivity contribution in [2.24, 2.45) is 0 Å². The first-order valence-corrected chi connectivity index (χ1v) is 7.78. The molecule has 0 atom stereocenters. The maximum atomic E-state index is 10.9. The molecule has 0 spiro atoms. The Morgan fingerprint density at radius 1 is 1.17 bits per heavy atom. The van der Waals surface area contributed by atoms with Crippen molar-refractivity contribution in [2.45, 2.75) is 30.6 Å². The summed E-state index contributed by atoms with van der Waals surface area (Å²) in [5, 5.41) is 0. The van der Waals surface area contributed by atoms with Crippen LogP contribution in [0.25, 0.3) is 0 Å². The van der Waals surface area contributed by atoms with Gasteiger partial charge in [-0.15, -0.1) is 11.8 Å². The number of piperidine rings is 1. The number of rotatable bonds is 6. The van der Waals surface area contributed by atoms with Crippen molar-refractivity contribution < 1.29 is 4.79 Å². The van der Waals surface area contributed by atoms with Crippen LogP contribution in [-0.4, -0.2) is 36.6 Å². The largest absolute Gasteiger partial charge is 0.303 e. The van der Waals surface area contributed by atoms with Crippen molar-refractivity contribution in [1.29, 1.82) is 0 Å². The fourth-order valence-corrected chi connectivity index (χ4v) is 3.31. The van der Waals surface area contributed by atoms with Gasteiger partial charge in [-0.25, -0.2) is 0 Å². The summed E-state index contributed by atoms with van der Waals surface area (Å²) < 4.78 is 0. The van der Waals surface area contributed by atoms with Crippen LogP contribution in [0, 0.1) is 0 Å². The Morgan fingerprint density at radius 2 is 1.94 bits per heavy atom. The molecule has 0 radical (unpaired) electrons. The zero-order valence-electron chi connectivity index (χ0n) is 10.8. The number of likely N-dealkylation sites (tertiary alicyclic amines) is 1. The molecule has 0 saturated carbocycles. The fraction of sp³-hybridized carbons (Fsp3) is 0.533. The van der Waals surface area contributed by atoms with Crippen molar-refractivity contribution >= 4 is 18.0 Å². The minimum Gasteiger partial charge on any atom is -0.303 e. The highest BCUT2D eigenvalue weighted by molar-refractivity contribution is 7.99. The van der Waals surface area contributed by atoms with Gasteiger partial charge in [0.2, 0.25) is 0 Å². The van der Waals surface area contributed by atoms with Gasteiger partial charge < -0.3 is 4.90 Å². The van der Waals surface area contributed by atoms with Gasteiger partial charge in [0.15, 0.2) is 6.29 Å². The van der Waals surface area contributed by atoms with Crippen LogP contribution in [0.1, 0.15) is 36.0 Å². The van der Waals surface area contributed by atoms with Crippen LogP contribution >= 0.6 is 11.8 Å². The van der Waals surface area contributed by atoms with E-state index in [-0.39, 0.29) is 0 Å². The Labute approximate surface area is 114 Å². The maximum Gasteiger partial charge on any atom is 0.151 e. The molecular formula is C15H21NOS. The van der Waals surface area contributed by atoms with E-state index in [2.05, 4.69) is 4.90 Å². The third-order valence-electron chi connectivity index (χ3n) is 3.37. The minimum absolute atomic E-state index is 0.820. The number of carbonyl (C=O) groups excluding carboxylic acids is 1. The van der Waals surface area contributed by atoms with Gasteiger partial charge in [0.1, 0.15) is 0 Å². The molecule has 0 aliphatic carbocycles. The monoisotopic (exact) mass is 263 g/mol. The van der Waals surface area contributed by atoms with E-state index < -0.39 is 0 Å². The second-order valence-electron chi connectivity index (χ2n) is 4.76. The van der Waals surface area contributed by atoms with Gasteiger partial charge in [0.05, 0.1) is 0 Å². The molecule has 0 aromatic heterocycles. The molecule has 18 heavy (non-hydrogen) atoms. The van der Waals surface area contributed by atoms with E-state index in [1.165, 1.54) is 45.3 Å². The molecule has 3 heteroatoms. The number of aldehydes is 1. The topological polar surface area (TPSA) is 20.3 Å². The number of nitrogens with zero attached hydrogens (tertiary/aromatic N) is 1. The lowest BCUT2D eigenvalue weighted by molar-refractivity contribution is 0.112. The molecule has 0 unspecified atom stereocenters. The quantitative estimate of drug-likeness (QED) is 0.445. The summed E-state index contributed by atoms with van der Waals surface area (Å²) in [5.74, 6) is 1.10. The summed E-state index contributed by atoms with van der Waals surface area (Å²) in [4.78, 5) is 14.6. The second-order valence-corrected chi connectivity index (χ2v) is 5.90. The Balaban J connectivity index is 1.69. The smallest absolute Gasteiger partial charge is 0.151 e. The SMILES string of the molecule is O=Cc1ccccc1SCCCN1CCCCC1. The van der Waals surface area contributed by atoms with E-state index in [0.717, 1.165) is 22.5 Å². The van der Waals surface area contributed by atoms with Gasteiger partial charge >= 0.3 is 0 Å². The van der Waals surface area contributed by atoms with Crippen LogP contribution in [0.3, 0.4) is 0 Å². The van der Waals surface area contributed by atoms with Crippen molar-refractivity contribution in [2.75, 3.05) is 25.4 Å². The average molecular weight is 263 g/mol. The summed E-state index contributed by atoms with van der Waals surface area (Å²) in [6.45, 7) is 3.75. The van der Waals surface area contributed by atoms with Crippen molar-refractivity contribution in [3.8, 4) is 0 Å². The number of carbonyl (C=O) groups is 1. The van der Waals surface area contributed by atoms with Crippen molar-refractivity contribution in [3.05, 3.63) is 29.8 Å². The van der Waals surface area contributed by atoms with E-state index in [4.69, 9.17) is 0 Å². The van der Waals surface area contributed by atoms with E-state index in [1.807, 2.05) is 24.3 Å². The highest BCUT2D eigenvalue weighted by Crippen LogP contribution is 2.22. The maximum absolute atomic E-state index is 10.9. The normalized spacial score (nSPS) is 16.7. The minimum atomic E-state index is 0.820. The molecule has 1 aliphatic heterocycles. The second kappa shape index (κ2) is 7.59. The molecule has 1 heterocycles. The third-order valence-corrected chi connectivity index (χ3v) is 4.55. The molecule has 98 valence electrons. The predicted octanol–water partition coefficient (Wildman–Crippen LogP) is 3.47. The van der Waals surface area contributed by atoms with Crippen LogP contribution < -0.4 is 0 Å². The number of hydrogen-bond donors (Lipinski definition) is 0. The highest BCUT2D eigenvalue weighted by Gasteiger charge is 2.09. The zero-order chi connectivity index (χ0) is 12.6. The van der Waals surface area contributed by atoms with Crippen molar-refractivity contribution in [3.63, 3.8) is 0 Å². The Morgan fingerprint density at radius 3 is 2.72 bits per heavy atom. The lowest BCUT2D eigenvalue weighted by Crippen LogP contribution is -2.30. The van der Waals surface area contributed by atoms with Gasteiger partial charge in [-0.05, 0) is 50.7 Å². The first kappa shape index (κ1) is 13.6. The van der Waals surface area contributed by atoms with Gasteiger partial charge in [0, 0.05) is 10.5 Å². The van der Waals surface area contributed by atoms with Crippen LogP contribution in [0.15, 0.2) is 29.2 Å². The predicted molar refractivity (Wildman–Crippen MR) is 77.5 cm³/mol. The standard InChI is InChI=1S/C15H21NOS/c17-13-14-7-2-3-8-15(14)18-12-6-11-16-9-4-1-5-10-16/h2-3,7-8,13H,1,4-6,9-12H2. The molecule has 2 rings (SSSR count). The van der Waals surface area contributed by atoms with Crippen LogP contribution in [-0.2, 0) is 0 Å². The first-order valence-electron chi connectivity index (χ1n) is 6.79. The summed E-state index contributed by atoms with van der Waals surface area (Å²) in [6, 6.07) is 7.84. The van der Waals surface area contributed by atoms with Crippen LogP contribution in [0.5, 0.6) is 0 Å². The first-order chi connectivity index (χ1) is 8.90. The van der Waals surface area contributed by atoms with E-state index in [1.54, 1.807) is 11.8 Å². The fourth-order valence-electron chi connectivity index (χ4n) is 2.36. The number of benzene rings is 1. The molecule has 0 N–H and O–H groups in total. The van der Waals surface area contributed by atoms with E-state index >= 15 is 0 Å². The molecule has 1 aromatic carbocycles. The summed E-state index contributed by atoms with van der Waals surface area (Å²) in [5.41, 5.74) is 0.820. The molecule has 1 aromatic rings. The molecule has 1 aliphatic rings. The van der Waals surface area contributed by atoms with E-state index in [9.17, 15) is 4.79 Å². The van der Waals surface area contributed by atoms with Crippen LogP contribution in [0.4, 0.5) is 0 Å². The zero-order valence-corrected chi connectivity index (χ0v) is 11.6. The van der Waals surface area contributed by atoms with E-state index in [0.29, 0.717) is 0 Å². The molecule has 2 nitrogen and oxygen atoms in total. The molecule has 1 saturated heterocycles. The van der Waals surface area contributed by atoms with Gasteiger partial charge in [0.25, 0.3) is 0 Å². The summed E-state index contributed by atoms with van der Waals surface area (Å²) >= 11 is 1.80. The van der Waals surface area contributed by atoms with Gasteiger partial charge in [-0.1, -0.05) is 24.6 Å². The lowest BCUT2D eigenvalue weighted by atomic mass is 10.1. The summed E-state index contributed by atoms with van der Waals surface area (Å²) in [7, 11) is 0. The number of hydrogen-bond acceptors (Lipinski definition) is 3. The lowest BCUT2D eigenvalue weighted by Gasteiger charge is -2.26. The molecule has 0 amide bonds.